The predicted molar refractivity (Wildman–Crippen MR) is 125 cm³/mol. The van der Waals surface area contributed by atoms with Gasteiger partial charge in [-0.05, 0) is 42.8 Å². The Morgan fingerprint density at radius 3 is 1.88 bits per heavy atom. The fraction of sp³-hybridized carbons (Fsp3) is 0.333. The van der Waals surface area contributed by atoms with E-state index in [2.05, 4.69) is 57.9 Å². The number of hydrogen-bond acceptors (Lipinski definition) is 2. The third-order valence-corrected chi connectivity index (χ3v) is 3.35. The molecule has 144 valence electrons. The summed E-state index contributed by atoms with van der Waals surface area (Å²) in [5, 5.41) is 3.13. The van der Waals surface area contributed by atoms with E-state index in [1.807, 2.05) is 69.4 Å². The maximum Gasteiger partial charge on any atom is 0.0208 e. The maximum absolute atomic E-state index is 4.13. The van der Waals surface area contributed by atoms with E-state index >= 15 is 0 Å². The molecule has 0 radical (unpaired) electrons. The fourth-order valence-corrected chi connectivity index (χ4v) is 2.10. The van der Waals surface area contributed by atoms with Crippen molar-refractivity contribution in [2.75, 3.05) is 7.05 Å². The van der Waals surface area contributed by atoms with Crippen LogP contribution in [0, 0.1) is 6.92 Å². The van der Waals surface area contributed by atoms with Crippen LogP contribution in [0.15, 0.2) is 60.5 Å². The van der Waals surface area contributed by atoms with E-state index in [1.54, 1.807) is 0 Å². The lowest BCUT2D eigenvalue weighted by Crippen LogP contribution is -2.06. The van der Waals surface area contributed by atoms with Crippen LogP contribution in [0.3, 0.4) is 0 Å². The molecule has 2 rings (SSSR count). The lowest BCUT2D eigenvalue weighted by atomic mass is 10.0. The van der Waals surface area contributed by atoms with E-state index in [-0.39, 0.29) is 0 Å². The van der Waals surface area contributed by atoms with E-state index < -0.39 is 0 Å². The van der Waals surface area contributed by atoms with Gasteiger partial charge in [0.1, 0.15) is 0 Å². The normalized spacial score (nSPS) is 8.58. The zero-order valence-electron chi connectivity index (χ0n) is 17.5. The standard InChI is InChI=1S/C12H15N.C7H8S.C3H8.C2H6/c1-4-10-7-6-8-11(9-13-3)12(10)5-2;1-6-2-4-7(8)5-3-6;1-3-2;1-2/h4-8,13H,1-2,9H2,3H3;2-5,8H,1H3;3H2,1-2H3;1-2H3. The van der Waals surface area contributed by atoms with Gasteiger partial charge in [0.05, 0.1) is 0 Å². The van der Waals surface area contributed by atoms with Crippen molar-refractivity contribution in [1.82, 2.24) is 5.32 Å². The Labute approximate surface area is 167 Å². The highest BCUT2D eigenvalue weighted by Crippen LogP contribution is 2.17. The number of benzene rings is 2. The first-order chi connectivity index (χ1) is 12.5. The van der Waals surface area contributed by atoms with Gasteiger partial charge in [0.2, 0.25) is 0 Å². The minimum Gasteiger partial charge on any atom is -0.316 e. The predicted octanol–water partition coefficient (Wildman–Crippen LogP) is 7.42. The number of thiol groups is 1. The highest BCUT2D eigenvalue weighted by molar-refractivity contribution is 7.80. The van der Waals surface area contributed by atoms with Crippen molar-refractivity contribution in [2.24, 2.45) is 0 Å². The highest BCUT2D eigenvalue weighted by Gasteiger charge is 2.00. The smallest absolute Gasteiger partial charge is 0.0208 e. The van der Waals surface area contributed by atoms with Gasteiger partial charge < -0.3 is 5.32 Å². The molecule has 0 amide bonds. The summed E-state index contributed by atoms with van der Waals surface area (Å²) in [6, 6.07) is 14.2. The molecular weight excluding hydrogens is 334 g/mol. The quantitative estimate of drug-likeness (QED) is 0.533. The molecule has 0 fully saturated rings. The first kappa shape index (κ1) is 26.5. The lowest BCUT2D eigenvalue weighted by molar-refractivity contribution is 0.816. The van der Waals surface area contributed by atoms with Gasteiger partial charge in [-0.25, -0.2) is 0 Å². The number of hydrogen-bond donors (Lipinski definition) is 2. The van der Waals surface area contributed by atoms with Crippen LogP contribution in [0.2, 0.25) is 0 Å². The Kier molecular flexibility index (Phi) is 18.4. The fourth-order valence-electron chi connectivity index (χ4n) is 1.95. The first-order valence-electron chi connectivity index (χ1n) is 9.30. The molecule has 0 saturated carbocycles. The van der Waals surface area contributed by atoms with Crippen LogP contribution in [0.4, 0.5) is 0 Å². The van der Waals surface area contributed by atoms with Gasteiger partial charge >= 0.3 is 0 Å². The number of rotatable bonds is 4. The SMILES string of the molecule is C=Cc1cccc(CNC)c1C=C.CC.CCC.Cc1ccc(S)cc1. The molecule has 0 unspecified atom stereocenters. The molecule has 0 atom stereocenters. The molecule has 2 aromatic carbocycles. The summed E-state index contributed by atoms with van der Waals surface area (Å²) in [5.41, 5.74) is 4.85. The summed E-state index contributed by atoms with van der Waals surface area (Å²) in [5.74, 6) is 0. The van der Waals surface area contributed by atoms with Crippen LogP contribution in [-0.2, 0) is 6.54 Å². The molecule has 2 heteroatoms. The van der Waals surface area contributed by atoms with Gasteiger partial charge in [-0.15, -0.1) is 12.6 Å². The Bertz CT molecular complexity index is 579. The van der Waals surface area contributed by atoms with Crippen LogP contribution in [0.1, 0.15) is 56.4 Å². The van der Waals surface area contributed by atoms with Crippen LogP contribution in [-0.4, -0.2) is 7.05 Å². The van der Waals surface area contributed by atoms with Crippen molar-refractivity contribution in [3.63, 3.8) is 0 Å². The van der Waals surface area contributed by atoms with Crippen molar-refractivity contribution >= 4 is 24.8 Å². The van der Waals surface area contributed by atoms with Gasteiger partial charge in [0, 0.05) is 11.4 Å². The molecule has 1 N–H and O–H groups in total. The zero-order valence-corrected chi connectivity index (χ0v) is 18.4. The first-order valence-corrected chi connectivity index (χ1v) is 9.75. The molecule has 0 saturated heterocycles. The molecule has 0 spiro atoms. The largest absolute Gasteiger partial charge is 0.316 e. The number of nitrogens with one attached hydrogen (secondary N) is 1. The Hall–Kier alpha value is -1.77. The molecule has 0 aliphatic heterocycles. The molecule has 26 heavy (non-hydrogen) atoms. The minimum absolute atomic E-state index is 0.864. The van der Waals surface area contributed by atoms with Gasteiger partial charge in [-0.3, -0.25) is 0 Å². The second-order valence-corrected chi connectivity index (χ2v) is 5.92. The molecule has 0 aromatic heterocycles. The molecule has 2 aromatic rings. The summed E-state index contributed by atoms with van der Waals surface area (Å²) in [7, 11) is 1.94. The highest BCUT2D eigenvalue weighted by atomic mass is 32.1. The van der Waals surface area contributed by atoms with Crippen LogP contribution in [0.5, 0.6) is 0 Å². The van der Waals surface area contributed by atoms with E-state index in [0.717, 1.165) is 17.0 Å². The Morgan fingerprint density at radius 2 is 1.50 bits per heavy atom. The van der Waals surface area contributed by atoms with Gasteiger partial charge in [-0.1, -0.05) is 95.3 Å². The van der Waals surface area contributed by atoms with Crippen LogP contribution in [0.25, 0.3) is 12.2 Å². The zero-order chi connectivity index (χ0) is 20.4. The monoisotopic (exact) mass is 371 g/mol. The van der Waals surface area contributed by atoms with Gasteiger partial charge in [0.15, 0.2) is 0 Å². The third-order valence-electron chi connectivity index (χ3n) is 3.06. The minimum atomic E-state index is 0.864. The van der Waals surface area contributed by atoms with E-state index in [4.69, 9.17) is 0 Å². The van der Waals surface area contributed by atoms with Gasteiger partial charge in [-0.2, -0.15) is 0 Å². The molecular formula is C24H37NS. The summed E-state index contributed by atoms with van der Waals surface area (Å²) in [6.45, 7) is 18.8. The van der Waals surface area contributed by atoms with E-state index in [9.17, 15) is 0 Å². The second-order valence-electron chi connectivity index (χ2n) is 5.40. The second kappa shape index (κ2) is 18.0. The third kappa shape index (κ3) is 11.7. The van der Waals surface area contributed by atoms with Gasteiger partial charge in [0.25, 0.3) is 0 Å². The van der Waals surface area contributed by atoms with Crippen LogP contribution < -0.4 is 5.32 Å². The Morgan fingerprint density at radius 1 is 0.962 bits per heavy atom. The topological polar surface area (TPSA) is 12.0 Å². The molecule has 0 aliphatic rings. The van der Waals surface area contributed by atoms with Crippen molar-refractivity contribution in [3.8, 4) is 0 Å². The van der Waals surface area contributed by atoms with E-state index in [0.29, 0.717) is 0 Å². The Balaban J connectivity index is 0. The van der Waals surface area contributed by atoms with Crippen molar-refractivity contribution < 1.29 is 0 Å². The van der Waals surface area contributed by atoms with Crippen molar-refractivity contribution in [1.29, 1.82) is 0 Å². The average molecular weight is 372 g/mol. The number of aryl methyl sites for hydroxylation is 1. The van der Waals surface area contributed by atoms with E-state index in [1.165, 1.54) is 23.1 Å². The molecule has 0 aliphatic carbocycles. The maximum atomic E-state index is 4.13. The summed E-state index contributed by atoms with van der Waals surface area (Å²) < 4.78 is 0. The van der Waals surface area contributed by atoms with Crippen molar-refractivity contribution in [3.05, 3.63) is 77.9 Å². The molecule has 0 bridgehead atoms. The summed E-state index contributed by atoms with van der Waals surface area (Å²) in [6.07, 6.45) is 4.99. The molecule has 0 heterocycles. The van der Waals surface area contributed by atoms with Crippen LogP contribution >= 0.6 is 12.6 Å². The molecule has 1 nitrogen and oxygen atoms in total. The average Bonchev–Trinajstić information content (AvgIpc) is 2.67. The summed E-state index contributed by atoms with van der Waals surface area (Å²) >= 11 is 4.13. The van der Waals surface area contributed by atoms with Crippen molar-refractivity contribution in [2.45, 2.75) is 52.5 Å². The summed E-state index contributed by atoms with van der Waals surface area (Å²) in [4.78, 5) is 1.02. The lowest BCUT2D eigenvalue weighted by Gasteiger charge is -2.08.